The number of rotatable bonds is 3. The van der Waals surface area contributed by atoms with Gasteiger partial charge in [-0.3, -0.25) is 9.59 Å². The van der Waals surface area contributed by atoms with Crippen molar-refractivity contribution < 1.29 is 9.32 Å². The molecule has 0 spiro atoms. The van der Waals surface area contributed by atoms with Crippen molar-refractivity contribution in [2.75, 3.05) is 0 Å². The average Bonchev–Trinajstić information content (AvgIpc) is 3.04. The number of hydrogen-bond donors (Lipinski definition) is 1. The highest BCUT2D eigenvalue weighted by atomic mass is 35.5. The zero-order valence-corrected chi connectivity index (χ0v) is 16.3. The number of aromatic nitrogens is 3. The van der Waals surface area contributed by atoms with E-state index in [0.29, 0.717) is 40.4 Å². The van der Waals surface area contributed by atoms with Gasteiger partial charge in [-0.05, 0) is 37.8 Å². The highest BCUT2D eigenvalue weighted by molar-refractivity contribution is 6.33. The third-order valence-electron chi connectivity index (χ3n) is 5.01. The maximum atomic E-state index is 13.0. The normalized spacial score (nSPS) is 15.9. The molecule has 0 unspecified atom stereocenters. The first-order valence-corrected chi connectivity index (χ1v) is 9.40. The van der Waals surface area contributed by atoms with Gasteiger partial charge in [0.15, 0.2) is 0 Å². The summed E-state index contributed by atoms with van der Waals surface area (Å²) in [5.74, 6) is 0.165. The van der Waals surface area contributed by atoms with E-state index in [1.165, 1.54) is 4.68 Å². The van der Waals surface area contributed by atoms with Crippen molar-refractivity contribution in [2.45, 2.75) is 32.2 Å². The van der Waals surface area contributed by atoms with Crippen molar-refractivity contribution in [3.05, 3.63) is 68.3 Å². The van der Waals surface area contributed by atoms with Crippen LogP contribution in [0.2, 0.25) is 5.02 Å². The van der Waals surface area contributed by atoms with Crippen LogP contribution in [0.4, 0.5) is 0 Å². The number of aryl methyl sites for hydroxylation is 3. The number of fused-ring (bicyclic) bond motifs is 1. The van der Waals surface area contributed by atoms with Crippen molar-refractivity contribution in [3.8, 4) is 11.3 Å². The molecule has 1 aromatic carbocycles. The molecular formula is C20H19ClN4O3. The summed E-state index contributed by atoms with van der Waals surface area (Å²) < 4.78 is 6.62. The molecule has 2 aromatic heterocycles. The molecule has 0 fully saturated rings. The first kappa shape index (κ1) is 18.4. The number of nitrogens with one attached hydrogen (secondary N) is 1. The Balaban J connectivity index is 1.58. The molecule has 7 nitrogen and oxygen atoms in total. The number of carbonyl (C=O) groups is 1. The van der Waals surface area contributed by atoms with Gasteiger partial charge >= 0.3 is 0 Å². The minimum Gasteiger partial charge on any atom is -0.360 e. The van der Waals surface area contributed by atoms with Gasteiger partial charge < -0.3 is 9.84 Å². The lowest BCUT2D eigenvalue weighted by Crippen LogP contribution is -2.40. The van der Waals surface area contributed by atoms with E-state index in [1.807, 2.05) is 12.1 Å². The van der Waals surface area contributed by atoms with Crippen LogP contribution in [0.15, 0.2) is 39.6 Å². The van der Waals surface area contributed by atoms with Gasteiger partial charge in [0, 0.05) is 24.7 Å². The maximum Gasteiger partial charge on any atom is 0.266 e. The van der Waals surface area contributed by atoms with Crippen molar-refractivity contribution in [1.29, 1.82) is 0 Å². The van der Waals surface area contributed by atoms with Crippen LogP contribution in [-0.2, 0) is 19.9 Å². The molecule has 0 saturated heterocycles. The van der Waals surface area contributed by atoms with E-state index in [1.54, 1.807) is 32.2 Å². The van der Waals surface area contributed by atoms with Gasteiger partial charge in [-0.25, -0.2) is 4.68 Å². The molecular weight excluding hydrogens is 380 g/mol. The smallest absolute Gasteiger partial charge is 0.266 e. The van der Waals surface area contributed by atoms with E-state index in [2.05, 4.69) is 15.6 Å². The number of amides is 1. The lowest BCUT2D eigenvalue weighted by Gasteiger charge is -2.24. The molecule has 3 aromatic rings. The number of benzene rings is 1. The lowest BCUT2D eigenvalue weighted by molar-refractivity contribution is 0.0932. The lowest BCUT2D eigenvalue weighted by atomic mass is 9.92. The Bertz CT molecular complexity index is 1120. The van der Waals surface area contributed by atoms with E-state index >= 15 is 0 Å². The molecule has 0 aliphatic heterocycles. The molecule has 28 heavy (non-hydrogen) atoms. The second kappa shape index (κ2) is 7.24. The average molecular weight is 399 g/mol. The Morgan fingerprint density at radius 1 is 1.36 bits per heavy atom. The first-order valence-electron chi connectivity index (χ1n) is 9.02. The molecule has 0 bridgehead atoms. The van der Waals surface area contributed by atoms with Gasteiger partial charge in [0.2, 0.25) is 0 Å². The number of carbonyl (C=O) groups excluding carboxylic acids is 1. The van der Waals surface area contributed by atoms with E-state index in [4.69, 9.17) is 16.1 Å². The minimum absolute atomic E-state index is 0.0951. The molecule has 1 atom stereocenters. The molecule has 8 heteroatoms. The fourth-order valence-electron chi connectivity index (χ4n) is 3.54. The van der Waals surface area contributed by atoms with Crippen LogP contribution < -0.4 is 10.9 Å². The Hall–Kier alpha value is -2.93. The number of nitrogens with zero attached hydrogens (tertiary/aromatic N) is 3. The molecule has 0 radical (unpaired) electrons. The SMILES string of the molecule is Cc1onc(-c2ccccc2Cl)c1C(=O)N[C@H]1CCc2nn(C)c(=O)cc2C1. The zero-order valence-electron chi connectivity index (χ0n) is 15.5. The topological polar surface area (TPSA) is 90.0 Å². The van der Waals surface area contributed by atoms with Crippen LogP contribution in [-0.4, -0.2) is 26.9 Å². The number of halogens is 1. The van der Waals surface area contributed by atoms with E-state index < -0.39 is 0 Å². The molecule has 144 valence electrons. The molecule has 1 aliphatic rings. The third-order valence-corrected chi connectivity index (χ3v) is 5.34. The van der Waals surface area contributed by atoms with Gasteiger partial charge in [-0.1, -0.05) is 35.0 Å². The van der Waals surface area contributed by atoms with E-state index in [9.17, 15) is 9.59 Å². The van der Waals surface area contributed by atoms with Gasteiger partial charge in [0.1, 0.15) is 17.0 Å². The van der Waals surface area contributed by atoms with Crippen LogP contribution in [0, 0.1) is 6.92 Å². The summed E-state index contributed by atoms with van der Waals surface area (Å²) in [7, 11) is 1.64. The number of hydrogen-bond acceptors (Lipinski definition) is 5. The summed E-state index contributed by atoms with van der Waals surface area (Å²) in [6.07, 6.45) is 2.01. The fourth-order valence-corrected chi connectivity index (χ4v) is 3.77. The van der Waals surface area contributed by atoms with Gasteiger partial charge in [0.05, 0.1) is 10.7 Å². The van der Waals surface area contributed by atoms with Crippen molar-refractivity contribution in [2.24, 2.45) is 7.05 Å². The summed E-state index contributed by atoms with van der Waals surface area (Å²) in [6, 6.07) is 8.69. The van der Waals surface area contributed by atoms with Crippen LogP contribution in [0.5, 0.6) is 0 Å². The minimum atomic E-state index is -0.265. The third kappa shape index (κ3) is 3.33. The highest BCUT2D eigenvalue weighted by Gasteiger charge is 2.27. The predicted molar refractivity (Wildman–Crippen MR) is 104 cm³/mol. The largest absolute Gasteiger partial charge is 0.360 e. The van der Waals surface area contributed by atoms with Crippen molar-refractivity contribution in [3.63, 3.8) is 0 Å². The monoisotopic (exact) mass is 398 g/mol. The van der Waals surface area contributed by atoms with Crippen LogP contribution in [0.25, 0.3) is 11.3 Å². The first-order chi connectivity index (χ1) is 13.4. The molecule has 1 aliphatic carbocycles. The Morgan fingerprint density at radius 2 is 2.14 bits per heavy atom. The molecule has 4 rings (SSSR count). The predicted octanol–water partition coefficient (Wildman–Crippen LogP) is 2.68. The Morgan fingerprint density at radius 3 is 2.93 bits per heavy atom. The molecule has 0 saturated carbocycles. The van der Waals surface area contributed by atoms with Crippen molar-refractivity contribution >= 4 is 17.5 Å². The van der Waals surface area contributed by atoms with Gasteiger partial charge in [-0.15, -0.1) is 0 Å². The second-order valence-corrected chi connectivity index (χ2v) is 7.34. The second-order valence-electron chi connectivity index (χ2n) is 6.93. The summed E-state index contributed by atoms with van der Waals surface area (Å²) in [5, 5.41) is 11.9. The summed E-state index contributed by atoms with van der Waals surface area (Å²) in [6.45, 7) is 1.70. The van der Waals surface area contributed by atoms with Gasteiger partial charge in [-0.2, -0.15) is 5.10 Å². The standard InChI is InChI=1S/C20H19ClN4O3/c1-11-18(19(24-28-11)14-5-3-4-6-15(14)21)20(27)22-13-7-8-16-12(9-13)10-17(26)25(2)23-16/h3-6,10,13H,7-9H2,1-2H3,(H,22,27)/t13-/m0/s1. The Labute approximate surface area is 166 Å². The van der Waals surface area contributed by atoms with Crippen LogP contribution >= 0.6 is 11.6 Å². The van der Waals surface area contributed by atoms with Crippen LogP contribution in [0.1, 0.15) is 33.8 Å². The molecule has 2 heterocycles. The maximum absolute atomic E-state index is 13.0. The van der Waals surface area contributed by atoms with E-state index in [0.717, 1.165) is 17.7 Å². The quantitative estimate of drug-likeness (QED) is 0.732. The van der Waals surface area contributed by atoms with Crippen LogP contribution in [0.3, 0.4) is 0 Å². The van der Waals surface area contributed by atoms with E-state index in [-0.39, 0.29) is 17.5 Å². The summed E-state index contributed by atoms with van der Waals surface area (Å²) in [4.78, 5) is 24.9. The molecule has 1 N–H and O–H groups in total. The molecule has 1 amide bonds. The summed E-state index contributed by atoms with van der Waals surface area (Å²) >= 11 is 6.27. The zero-order chi connectivity index (χ0) is 19.8. The Kier molecular flexibility index (Phi) is 4.77. The summed E-state index contributed by atoms with van der Waals surface area (Å²) in [5.41, 5.74) is 3.08. The van der Waals surface area contributed by atoms with Crippen molar-refractivity contribution in [1.82, 2.24) is 20.3 Å². The fraction of sp³-hybridized carbons (Fsp3) is 0.300. The van der Waals surface area contributed by atoms with Gasteiger partial charge in [0.25, 0.3) is 11.5 Å². The highest BCUT2D eigenvalue weighted by Crippen LogP contribution is 2.31.